The van der Waals surface area contributed by atoms with Crippen molar-refractivity contribution in [2.75, 3.05) is 0 Å². The quantitative estimate of drug-likeness (QED) is 0.566. The summed E-state index contributed by atoms with van der Waals surface area (Å²) < 4.78 is 27.2. The van der Waals surface area contributed by atoms with Gasteiger partial charge in [-0.15, -0.1) is 0 Å². The summed E-state index contributed by atoms with van der Waals surface area (Å²) >= 11 is 0. The van der Waals surface area contributed by atoms with Crippen molar-refractivity contribution in [3.8, 4) is 0 Å². The number of aryl methyl sites for hydroxylation is 2. The van der Waals surface area contributed by atoms with Crippen LogP contribution in [0.5, 0.6) is 0 Å². The summed E-state index contributed by atoms with van der Waals surface area (Å²) in [5.41, 5.74) is 2.51. The molecule has 0 heterocycles. The van der Waals surface area contributed by atoms with Gasteiger partial charge in [0.2, 0.25) is 0 Å². The molecule has 2 rings (SSSR count). The maximum absolute atomic E-state index is 13.6. The Labute approximate surface area is 129 Å². The lowest BCUT2D eigenvalue weighted by molar-refractivity contribution is 0.578. The summed E-state index contributed by atoms with van der Waals surface area (Å²) in [7, 11) is 0. The fourth-order valence-corrected chi connectivity index (χ4v) is 2.08. The third-order valence-electron chi connectivity index (χ3n) is 3.20. The molecule has 0 spiro atoms. The molecule has 0 bridgehead atoms. The Morgan fingerprint density at radius 2 is 1.55 bits per heavy atom. The van der Waals surface area contributed by atoms with Crippen LogP contribution in [0.3, 0.4) is 0 Å². The van der Waals surface area contributed by atoms with E-state index in [0.717, 1.165) is 24.6 Å². The molecule has 2 aromatic rings. The van der Waals surface area contributed by atoms with Gasteiger partial charge in [-0.1, -0.05) is 37.6 Å². The number of benzene rings is 2. The fraction of sp³-hybridized carbons (Fsp3) is 0.222. The van der Waals surface area contributed by atoms with Crippen LogP contribution in [0, 0.1) is 18.6 Å². The van der Waals surface area contributed by atoms with Gasteiger partial charge in [-0.05, 0) is 42.2 Å². The van der Waals surface area contributed by atoms with Gasteiger partial charge in [0, 0.05) is 0 Å². The van der Waals surface area contributed by atoms with Crippen molar-refractivity contribution in [1.82, 2.24) is 0 Å². The third kappa shape index (κ3) is 4.32. The average Bonchev–Trinajstić information content (AvgIpc) is 2.47. The van der Waals surface area contributed by atoms with Crippen LogP contribution in [0.1, 0.15) is 35.6 Å². The molecule has 0 saturated heterocycles. The molecule has 2 nitrogen and oxygen atoms in total. The summed E-state index contributed by atoms with van der Waals surface area (Å²) in [5, 5.41) is 7.54. The minimum absolute atomic E-state index is 0.180. The summed E-state index contributed by atoms with van der Waals surface area (Å²) in [5.74, 6) is -1.28. The molecule has 0 fully saturated rings. The first-order valence-electron chi connectivity index (χ1n) is 7.21. The Morgan fingerprint density at radius 3 is 2.14 bits per heavy atom. The van der Waals surface area contributed by atoms with E-state index < -0.39 is 11.6 Å². The second-order valence-electron chi connectivity index (χ2n) is 5.12. The Balaban J connectivity index is 2.06. The molecule has 0 saturated carbocycles. The molecule has 0 aliphatic carbocycles. The lowest BCUT2D eigenvalue weighted by atomic mass is 10.1. The second kappa shape index (κ2) is 7.59. The van der Waals surface area contributed by atoms with E-state index in [1.165, 1.54) is 17.7 Å². The number of nitrogens with zero attached hydrogens (tertiary/aromatic N) is 2. The van der Waals surface area contributed by atoms with Crippen molar-refractivity contribution in [3.05, 3.63) is 70.3 Å². The highest BCUT2D eigenvalue weighted by Crippen LogP contribution is 2.13. The van der Waals surface area contributed by atoms with E-state index in [1.54, 1.807) is 13.1 Å². The van der Waals surface area contributed by atoms with E-state index in [1.807, 2.05) is 24.3 Å². The van der Waals surface area contributed by atoms with Gasteiger partial charge < -0.3 is 0 Å². The highest BCUT2D eigenvalue weighted by atomic mass is 19.1. The smallest absolute Gasteiger partial charge is 0.135 e. The fourth-order valence-electron chi connectivity index (χ4n) is 2.08. The summed E-state index contributed by atoms with van der Waals surface area (Å²) in [6.07, 6.45) is 4.79. The van der Waals surface area contributed by atoms with Crippen LogP contribution in [0.15, 0.2) is 46.6 Å². The van der Waals surface area contributed by atoms with Crippen LogP contribution in [0.2, 0.25) is 0 Å². The standard InChI is InChI=1S/C18H18F2N2/c1-3-4-14-5-7-15(8-6-14)11-21-22-12-16-17(19)9-13(2)10-18(16)20/h5-12H,3-4H2,1-2H3/b21-11+,22-12+. The lowest BCUT2D eigenvalue weighted by Gasteiger charge is -2.00. The van der Waals surface area contributed by atoms with E-state index in [2.05, 4.69) is 17.1 Å². The molecule has 22 heavy (non-hydrogen) atoms. The molecule has 0 unspecified atom stereocenters. The maximum atomic E-state index is 13.6. The topological polar surface area (TPSA) is 24.7 Å². The first kappa shape index (κ1) is 16.0. The normalized spacial score (nSPS) is 11.6. The average molecular weight is 300 g/mol. The maximum Gasteiger partial charge on any atom is 0.135 e. The number of hydrogen-bond acceptors (Lipinski definition) is 2. The van der Waals surface area contributed by atoms with Gasteiger partial charge in [-0.3, -0.25) is 0 Å². The SMILES string of the molecule is CCCc1ccc(/C=N/N=C/c2c(F)cc(C)cc2F)cc1. The predicted octanol–water partition coefficient (Wildman–Crippen LogP) is 4.68. The van der Waals surface area contributed by atoms with Crippen LogP contribution in [0.4, 0.5) is 8.78 Å². The molecule has 0 N–H and O–H groups in total. The molecule has 0 atom stereocenters. The lowest BCUT2D eigenvalue weighted by Crippen LogP contribution is -1.95. The number of hydrogen-bond donors (Lipinski definition) is 0. The monoisotopic (exact) mass is 300 g/mol. The Kier molecular flexibility index (Phi) is 5.53. The molecule has 2 aromatic carbocycles. The van der Waals surface area contributed by atoms with Gasteiger partial charge in [0.25, 0.3) is 0 Å². The van der Waals surface area contributed by atoms with E-state index in [-0.39, 0.29) is 5.56 Å². The van der Waals surface area contributed by atoms with Crippen LogP contribution in [0.25, 0.3) is 0 Å². The van der Waals surface area contributed by atoms with Crippen molar-refractivity contribution in [2.45, 2.75) is 26.7 Å². The van der Waals surface area contributed by atoms with Crippen LogP contribution in [-0.2, 0) is 6.42 Å². The summed E-state index contributed by atoms with van der Waals surface area (Å²) in [4.78, 5) is 0. The Hall–Kier alpha value is -2.36. The highest BCUT2D eigenvalue weighted by Gasteiger charge is 2.07. The zero-order chi connectivity index (χ0) is 15.9. The van der Waals surface area contributed by atoms with Crippen molar-refractivity contribution < 1.29 is 8.78 Å². The third-order valence-corrected chi connectivity index (χ3v) is 3.20. The molecular weight excluding hydrogens is 282 g/mol. The molecule has 0 amide bonds. The van der Waals surface area contributed by atoms with Gasteiger partial charge in [0.1, 0.15) is 11.6 Å². The zero-order valence-corrected chi connectivity index (χ0v) is 12.7. The van der Waals surface area contributed by atoms with Crippen LogP contribution >= 0.6 is 0 Å². The first-order chi connectivity index (χ1) is 10.6. The van der Waals surface area contributed by atoms with E-state index in [9.17, 15) is 8.78 Å². The first-order valence-corrected chi connectivity index (χ1v) is 7.21. The second-order valence-corrected chi connectivity index (χ2v) is 5.12. The molecular formula is C18H18F2N2. The van der Waals surface area contributed by atoms with Gasteiger partial charge in [-0.2, -0.15) is 10.2 Å². The Bertz CT molecular complexity index is 666. The number of halogens is 2. The molecule has 0 aliphatic heterocycles. The van der Waals surface area contributed by atoms with Gasteiger partial charge >= 0.3 is 0 Å². The molecule has 114 valence electrons. The molecule has 0 radical (unpaired) electrons. The summed E-state index contributed by atoms with van der Waals surface area (Å²) in [6, 6.07) is 10.5. The van der Waals surface area contributed by atoms with Crippen molar-refractivity contribution in [3.63, 3.8) is 0 Å². The predicted molar refractivity (Wildman–Crippen MR) is 86.7 cm³/mol. The number of rotatable bonds is 5. The van der Waals surface area contributed by atoms with E-state index in [4.69, 9.17) is 0 Å². The van der Waals surface area contributed by atoms with Crippen molar-refractivity contribution in [1.29, 1.82) is 0 Å². The molecule has 0 aliphatic rings. The molecule has 4 heteroatoms. The minimum Gasteiger partial charge on any atom is -0.206 e. The van der Waals surface area contributed by atoms with Crippen molar-refractivity contribution in [2.24, 2.45) is 10.2 Å². The van der Waals surface area contributed by atoms with E-state index in [0.29, 0.717) is 5.56 Å². The minimum atomic E-state index is -0.639. The largest absolute Gasteiger partial charge is 0.206 e. The Morgan fingerprint density at radius 1 is 0.955 bits per heavy atom. The van der Waals surface area contributed by atoms with Crippen LogP contribution < -0.4 is 0 Å². The van der Waals surface area contributed by atoms with Crippen molar-refractivity contribution >= 4 is 12.4 Å². The molecule has 0 aromatic heterocycles. The highest BCUT2D eigenvalue weighted by molar-refractivity contribution is 5.83. The van der Waals surface area contributed by atoms with E-state index >= 15 is 0 Å². The van der Waals surface area contributed by atoms with Gasteiger partial charge in [-0.25, -0.2) is 8.78 Å². The van der Waals surface area contributed by atoms with Crippen LogP contribution in [-0.4, -0.2) is 12.4 Å². The van der Waals surface area contributed by atoms with Gasteiger partial charge in [0.15, 0.2) is 0 Å². The summed E-state index contributed by atoms with van der Waals surface area (Å²) in [6.45, 7) is 3.76. The zero-order valence-electron chi connectivity index (χ0n) is 12.7. The van der Waals surface area contributed by atoms with Gasteiger partial charge in [0.05, 0.1) is 18.0 Å².